The third kappa shape index (κ3) is 1.45. The maximum Gasteiger partial charge on any atom is 0.159 e. The van der Waals surface area contributed by atoms with E-state index in [1.54, 1.807) is 6.08 Å². The lowest BCUT2D eigenvalue weighted by Crippen LogP contribution is -2.17. The SMILES string of the molecule is O=C1C=CC2CCCCCCC12. The fourth-order valence-corrected chi connectivity index (χ4v) is 2.44. The van der Waals surface area contributed by atoms with Gasteiger partial charge in [0, 0.05) is 5.92 Å². The van der Waals surface area contributed by atoms with Crippen molar-refractivity contribution in [3.63, 3.8) is 0 Å². The number of rotatable bonds is 0. The van der Waals surface area contributed by atoms with Crippen LogP contribution in [0.5, 0.6) is 0 Å². The summed E-state index contributed by atoms with van der Waals surface area (Å²) in [5.41, 5.74) is 0. The molecule has 0 aliphatic heterocycles. The van der Waals surface area contributed by atoms with Crippen molar-refractivity contribution in [3.8, 4) is 0 Å². The zero-order chi connectivity index (χ0) is 8.39. The summed E-state index contributed by atoms with van der Waals surface area (Å²) >= 11 is 0. The Morgan fingerprint density at radius 2 is 1.83 bits per heavy atom. The molecule has 1 nitrogen and oxygen atoms in total. The van der Waals surface area contributed by atoms with Gasteiger partial charge in [0.25, 0.3) is 0 Å². The van der Waals surface area contributed by atoms with Crippen molar-refractivity contribution >= 4 is 5.78 Å². The van der Waals surface area contributed by atoms with E-state index in [1.807, 2.05) is 0 Å². The van der Waals surface area contributed by atoms with Crippen molar-refractivity contribution < 1.29 is 4.79 Å². The average molecular weight is 164 g/mol. The molecule has 0 aromatic carbocycles. The van der Waals surface area contributed by atoms with Crippen molar-refractivity contribution in [2.45, 2.75) is 38.5 Å². The van der Waals surface area contributed by atoms with Gasteiger partial charge in [-0.05, 0) is 24.8 Å². The molecule has 2 aliphatic rings. The van der Waals surface area contributed by atoms with Crippen LogP contribution in [0.15, 0.2) is 12.2 Å². The van der Waals surface area contributed by atoms with Gasteiger partial charge >= 0.3 is 0 Å². The number of hydrogen-bond donors (Lipinski definition) is 0. The van der Waals surface area contributed by atoms with Gasteiger partial charge in [-0.1, -0.05) is 31.8 Å². The minimum Gasteiger partial charge on any atom is -0.295 e. The normalized spacial score (nSPS) is 35.8. The number of carbonyl (C=O) groups is 1. The molecule has 0 saturated heterocycles. The lowest BCUT2D eigenvalue weighted by molar-refractivity contribution is -0.118. The van der Waals surface area contributed by atoms with Crippen molar-refractivity contribution in [1.82, 2.24) is 0 Å². The molecule has 12 heavy (non-hydrogen) atoms. The van der Waals surface area contributed by atoms with Crippen LogP contribution >= 0.6 is 0 Å². The molecule has 0 radical (unpaired) electrons. The summed E-state index contributed by atoms with van der Waals surface area (Å²) in [6.45, 7) is 0. The third-order valence-corrected chi connectivity index (χ3v) is 3.19. The first-order chi connectivity index (χ1) is 5.88. The highest BCUT2D eigenvalue weighted by atomic mass is 16.1. The van der Waals surface area contributed by atoms with E-state index in [1.165, 1.54) is 32.1 Å². The largest absolute Gasteiger partial charge is 0.295 e. The van der Waals surface area contributed by atoms with E-state index < -0.39 is 0 Å². The van der Waals surface area contributed by atoms with E-state index >= 15 is 0 Å². The molecular weight excluding hydrogens is 148 g/mol. The zero-order valence-corrected chi connectivity index (χ0v) is 7.46. The second kappa shape index (κ2) is 3.42. The molecule has 0 heterocycles. The fourth-order valence-electron chi connectivity index (χ4n) is 2.44. The lowest BCUT2D eigenvalue weighted by atomic mass is 9.83. The Labute approximate surface area is 73.8 Å². The average Bonchev–Trinajstić information content (AvgIpc) is 2.31. The zero-order valence-electron chi connectivity index (χ0n) is 7.46. The molecule has 2 atom stereocenters. The molecule has 0 aromatic heterocycles. The van der Waals surface area contributed by atoms with Crippen LogP contribution in [0.2, 0.25) is 0 Å². The van der Waals surface area contributed by atoms with Crippen molar-refractivity contribution in [1.29, 1.82) is 0 Å². The smallest absolute Gasteiger partial charge is 0.159 e. The van der Waals surface area contributed by atoms with Crippen LogP contribution in [0, 0.1) is 11.8 Å². The number of carbonyl (C=O) groups excluding carboxylic acids is 1. The van der Waals surface area contributed by atoms with E-state index in [2.05, 4.69) is 6.08 Å². The van der Waals surface area contributed by atoms with Gasteiger partial charge in [-0.3, -0.25) is 4.79 Å². The molecule has 2 unspecified atom stereocenters. The Hall–Kier alpha value is -0.590. The number of hydrogen-bond acceptors (Lipinski definition) is 1. The van der Waals surface area contributed by atoms with Gasteiger partial charge in [0.15, 0.2) is 5.78 Å². The molecule has 2 aliphatic carbocycles. The summed E-state index contributed by atoms with van der Waals surface area (Å²) in [4.78, 5) is 11.4. The van der Waals surface area contributed by atoms with Crippen LogP contribution in [-0.4, -0.2) is 5.78 Å². The summed E-state index contributed by atoms with van der Waals surface area (Å²) in [5, 5.41) is 0. The molecule has 0 amide bonds. The molecule has 0 bridgehead atoms. The topological polar surface area (TPSA) is 17.1 Å². The molecule has 1 fully saturated rings. The lowest BCUT2D eigenvalue weighted by Gasteiger charge is -2.20. The van der Waals surface area contributed by atoms with Crippen LogP contribution < -0.4 is 0 Å². The quantitative estimate of drug-likeness (QED) is 0.538. The maximum absolute atomic E-state index is 11.4. The highest BCUT2D eigenvalue weighted by Crippen LogP contribution is 2.33. The van der Waals surface area contributed by atoms with Gasteiger partial charge in [-0.15, -0.1) is 0 Å². The summed E-state index contributed by atoms with van der Waals surface area (Å²) in [6.07, 6.45) is 11.6. The minimum absolute atomic E-state index is 0.366. The van der Waals surface area contributed by atoms with E-state index in [-0.39, 0.29) is 0 Å². The van der Waals surface area contributed by atoms with E-state index in [9.17, 15) is 4.79 Å². The van der Waals surface area contributed by atoms with Crippen LogP contribution in [0.25, 0.3) is 0 Å². The van der Waals surface area contributed by atoms with E-state index in [4.69, 9.17) is 0 Å². The van der Waals surface area contributed by atoms with Gasteiger partial charge in [-0.2, -0.15) is 0 Å². The second-order valence-electron chi connectivity index (χ2n) is 4.02. The Morgan fingerprint density at radius 1 is 1.08 bits per heavy atom. The Balaban J connectivity index is 2.03. The predicted octanol–water partition coefficient (Wildman–Crippen LogP) is 2.71. The molecule has 2 rings (SSSR count). The Morgan fingerprint density at radius 3 is 2.67 bits per heavy atom. The molecule has 0 spiro atoms. The standard InChI is InChI=1S/C11H16O/c12-11-8-7-9-5-3-1-2-4-6-10(9)11/h7-10H,1-6H2. The van der Waals surface area contributed by atoms with E-state index in [0.29, 0.717) is 17.6 Å². The van der Waals surface area contributed by atoms with Gasteiger partial charge in [0.1, 0.15) is 0 Å². The molecule has 1 heteroatoms. The predicted molar refractivity (Wildman–Crippen MR) is 48.8 cm³/mol. The number of allylic oxidation sites excluding steroid dienone is 2. The molecule has 0 aromatic rings. The first kappa shape index (κ1) is 8.03. The fraction of sp³-hybridized carbons (Fsp3) is 0.727. The summed E-state index contributed by atoms with van der Waals surface area (Å²) in [5.74, 6) is 1.35. The first-order valence-electron chi connectivity index (χ1n) is 5.10. The summed E-state index contributed by atoms with van der Waals surface area (Å²) in [7, 11) is 0. The number of ketones is 1. The molecule has 66 valence electrons. The molecular formula is C11H16O. The molecule has 0 N–H and O–H groups in total. The van der Waals surface area contributed by atoms with Crippen molar-refractivity contribution in [2.24, 2.45) is 11.8 Å². The summed E-state index contributed by atoms with van der Waals surface area (Å²) < 4.78 is 0. The first-order valence-corrected chi connectivity index (χ1v) is 5.10. The van der Waals surface area contributed by atoms with Gasteiger partial charge in [0.05, 0.1) is 0 Å². The summed E-state index contributed by atoms with van der Waals surface area (Å²) in [6, 6.07) is 0. The second-order valence-corrected chi connectivity index (χ2v) is 4.02. The highest BCUT2D eigenvalue weighted by molar-refractivity contribution is 5.94. The monoisotopic (exact) mass is 164 g/mol. The third-order valence-electron chi connectivity index (χ3n) is 3.19. The van der Waals surface area contributed by atoms with Gasteiger partial charge in [-0.25, -0.2) is 0 Å². The van der Waals surface area contributed by atoms with Crippen LogP contribution in [0.4, 0.5) is 0 Å². The molecule has 1 saturated carbocycles. The van der Waals surface area contributed by atoms with Crippen molar-refractivity contribution in [2.75, 3.05) is 0 Å². The van der Waals surface area contributed by atoms with E-state index in [0.717, 1.165) is 6.42 Å². The Kier molecular flexibility index (Phi) is 2.29. The van der Waals surface area contributed by atoms with Crippen LogP contribution in [0.1, 0.15) is 38.5 Å². The van der Waals surface area contributed by atoms with Gasteiger partial charge in [0.2, 0.25) is 0 Å². The highest BCUT2D eigenvalue weighted by Gasteiger charge is 2.29. The van der Waals surface area contributed by atoms with Crippen LogP contribution in [-0.2, 0) is 4.79 Å². The Bertz CT molecular complexity index is 205. The van der Waals surface area contributed by atoms with Crippen molar-refractivity contribution in [3.05, 3.63) is 12.2 Å². The number of fused-ring (bicyclic) bond motifs is 1. The minimum atomic E-state index is 0.366. The van der Waals surface area contributed by atoms with Gasteiger partial charge < -0.3 is 0 Å². The van der Waals surface area contributed by atoms with Crippen LogP contribution in [0.3, 0.4) is 0 Å². The maximum atomic E-state index is 11.4.